The van der Waals surface area contributed by atoms with Crippen LogP contribution in [0.25, 0.3) is 0 Å². The second kappa shape index (κ2) is 9.25. The molecule has 0 unspecified atom stereocenters. The van der Waals surface area contributed by atoms with Crippen LogP contribution in [0.15, 0.2) is 88.9 Å². The van der Waals surface area contributed by atoms with Crippen molar-refractivity contribution in [3.8, 4) is 5.75 Å². The van der Waals surface area contributed by atoms with E-state index >= 15 is 0 Å². The summed E-state index contributed by atoms with van der Waals surface area (Å²) in [4.78, 5) is 4.42. The molecule has 0 amide bonds. The molecule has 3 aromatic rings. The summed E-state index contributed by atoms with van der Waals surface area (Å²) >= 11 is 0. The molecule has 7 heteroatoms. The van der Waals surface area contributed by atoms with Crippen molar-refractivity contribution in [2.75, 3.05) is 18.6 Å². The molecule has 1 N–H and O–H groups in total. The Balaban J connectivity index is 1.64. The maximum Gasteiger partial charge on any atom is 0.276 e. The van der Waals surface area contributed by atoms with E-state index in [1.807, 2.05) is 68.6 Å². The van der Waals surface area contributed by atoms with E-state index in [2.05, 4.69) is 14.8 Å². The fraction of sp³-hybridized carbons (Fsp3) is 0.136. The number of hydrogen-bond donors (Lipinski definition) is 1. The van der Waals surface area contributed by atoms with Crippen molar-refractivity contribution in [1.29, 1.82) is 0 Å². The Hall–Kier alpha value is -3.32. The molecule has 150 valence electrons. The second-order valence-corrected chi connectivity index (χ2v) is 7.90. The Morgan fingerprint density at radius 1 is 0.931 bits per heavy atom. The highest BCUT2D eigenvalue weighted by Crippen LogP contribution is 2.23. The van der Waals surface area contributed by atoms with E-state index in [0.717, 1.165) is 16.9 Å². The van der Waals surface area contributed by atoms with E-state index in [1.54, 1.807) is 12.1 Å². The minimum atomic E-state index is -3.73. The molecule has 0 fully saturated rings. The van der Waals surface area contributed by atoms with Crippen LogP contribution in [-0.4, -0.2) is 28.3 Å². The van der Waals surface area contributed by atoms with E-state index in [1.165, 1.54) is 18.3 Å². The maximum atomic E-state index is 12.3. The third-order valence-electron chi connectivity index (χ3n) is 4.26. The summed E-state index contributed by atoms with van der Waals surface area (Å²) in [5.41, 5.74) is 2.88. The summed E-state index contributed by atoms with van der Waals surface area (Å²) in [5, 5.41) is 3.87. The number of hydrogen-bond acceptors (Lipinski definition) is 5. The molecule has 0 aromatic heterocycles. The standard InChI is InChI=1S/C22H23N3O3S/c1-3-28-21-13-15-22(16-14-21)29(26,27)24-23-17-18-9-11-20(12-10-18)25(2)19-7-5-4-6-8-19/h4-17,24H,3H2,1-2H3/b23-17-. The maximum absolute atomic E-state index is 12.3. The van der Waals surface area contributed by atoms with E-state index in [0.29, 0.717) is 12.4 Å². The van der Waals surface area contributed by atoms with Crippen molar-refractivity contribution in [3.05, 3.63) is 84.4 Å². The van der Waals surface area contributed by atoms with Crippen LogP contribution in [0.2, 0.25) is 0 Å². The summed E-state index contributed by atoms with van der Waals surface area (Å²) in [6.45, 7) is 2.39. The third kappa shape index (κ3) is 5.36. The topological polar surface area (TPSA) is 71.0 Å². The van der Waals surface area contributed by atoms with Gasteiger partial charge in [-0.25, -0.2) is 4.83 Å². The zero-order chi connectivity index (χ0) is 20.7. The Labute approximate surface area is 171 Å². The van der Waals surface area contributed by atoms with Gasteiger partial charge < -0.3 is 9.64 Å². The molecule has 0 saturated heterocycles. The lowest BCUT2D eigenvalue weighted by Gasteiger charge is -2.19. The number of nitrogens with one attached hydrogen (secondary N) is 1. The van der Waals surface area contributed by atoms with Crippen LogP contribution in [0.4, 0.5) is 11.4 Å². The largest absolute Gasteiger partial charge is 0.494 e. The minimum absolute atomic E-state index is 0.123. The van der Waals surface area contributed by atoms with Crippen LogP contribution < -0.4 is 14.5 Å². The summed E-state index contributed by atoms with van der Waals surface area (Å²) in [6, 6.07) is 23.9. The first-order valence-electron chi connectivity index (χ1n) is 9.16. The van der Waals surface area contributed by atoms with Gasteiger partial charge in [-0.1, -0.05) is 30.3 Å². The summed E-state index contributed by atoms with van der Waals surface area (Å²) < 4.78 is 30.0. The molecule has 0 bridgehead atoms. The molecule has 3 aromatic carbocycles. The summed E-state index contributed by atoms with van der Waals surface area (Å²) in [7, 11) is -1.74. The number of anilines is 2. The van der Waals surface area contributed by atoms with Crippen molar-refractivity contribution in [2.24, 2.45) is 5.10 Å². The molecule has 6 nitrogen and oxygen atoms in total. The van der Waals surface area contributed by atoms with Gasteiger partial charge in [-0.05, 0) is 61.0 Å². The number of para-hydroxylation sites is 1. The fourth-order valence-corrected chi connectivity index (χ4v) is 3.48. The van der Waals surface area contributed by atoms with Crippen molar-refractivity contribution in [2.45, 2.75) is 11.8 Å². The lowest BCUT2D eigenvalue weighted by Crippen LogP contribution is -2.18. The normalized spacial score (nSPS) is 11.4. The molecule has 0 aliphatic heterocycles. The lowest BCUT2D eigenvalue weighted by molar-refractivity contribution is 0.340. The second-order valence-electron chi connectivity index (χ2n) is 6.24. The van der Waals surface area contributed by atoms with Gasteiger partial charge in [0.15, 0.2) is 0 Å². The van der Waals surface area contributed by atoms with E-state index in [4.69, 9.17) is 4.74 Å². The molecule has 3 rings (SSSR count). The van der Waals surface area contributed by atoms with Crippen LogP contribution in [0.3, 0.4) is 0 Å². The van der Waals surface area contributed by atoms with Crippen molar-refractivity contribution < 1.29 is 13.2 Å². The molecule has 0 radical (unpaired) electrons. The fourth-order valence-electron chi connectivity index (χ4n) is 2.69. The lowest BCUT2D eigenvalue weighted by atomic mass is 10.2. The third-order valence-corrected chi connectivity index (χ3v) is 5.49. The highest BCUT2D eigenvalue weighted by atomic mass is 32.2. The number of hydrazone groups is 1. The van der Waals surface area contributed by atoms with Crippen molar-refractivity contribution >= 4 is 27.6 Å². The molecule has 0 heterocycles. The molecule has 29 heavy (non-hydrogen) atoms. The van der Waals surface area contributed by atoms with Crippen molar-refractivity contribution in [3.63, 3.8) is 0 Å². The highest BCUT2D eigenvalue weighted by Gasteiger charge is 2.12. The number of sulfonamides is 1. The van der Waals surface area contributed by atoms with Gasteiger partial charge in [0.1, 0.15) is 5.75 Å². The Kier molecular flexibility index (Phi) is 6.51. The molecule has 0 spiro atoms. The van der Waals surface area contributed by atoms with Crippen LogP contribution in [-0.2, 0) is 10.0 Å². The van der Waals surface area contributed by atoms with Gasteiger partial charge in [0, 0.05) is 18.4 Å². The van der Waals surface area contributed by atoms with Gasteiger partial charge in [-0.2, -0.15) is 13.5 Å². The first-order chi connectivity index (χ1) is 14.0. The zero-order valence-electron chi connectivity index (χ0n) is 16.3. The first kappa shape index (κ1) is 20.4. The molecule has 0 aliphatic carbocycles. The van der Waals surface area contributed by atoms with Gasteiger partial charge >= 0.3 is 0 Å². The molecule has 0 saturated carbocycles. The zero-order valence-corrected chi connectivity index (χ0v) is 17.1. The Morgan fingerprint density at radius 3 is 2.17 bits per heavy atom. The van der Waals surface area contributed by atoms with E-state index < -0.39 is 10.0 Å². The van der Waals surface area contributed by atoms with Gasteiger partial charge in [0.25, 0.3) is 10.0 Å². The number of rotatable bonds is 8. The van der Waals surface area contributed by atoms with Gasteiger partial charge in [-0.3, -0.25) is 0 Å². The van der Waals surface area contributed by atoms with E-state index in [-0.39, 0.29) is 4.90 Å². The Morgan fingerprint density at radius 2 is 1.55 bits per heavy atom. The number of ether oxygens (including phenoxy) is 1. The molecule has 0 atom stereocenters. The molecule has 0 aliphatic rings. The van der Waals surface area contributed by atoms with Crippen LogP contribution in [0.1, 0.15) is 12.5 Å². The smallest absolute Gasteiger partial charge is 0.276 e. The monoisotopic (exact) mass is 409 g/mol. The van der Waals surface area contributed by atoms with Gasteiger partial charge in [-0.15, -0.1) is 0 Å². The summed E-state index contributed by atoms with van der Waals surface area (Å²) in [6.07, 6.45) is 1.47. The quantitative estimate of drug-likeness (QED) is 0.448. The van der Waals surface area contributed by atoms with Gasteiger partial charge in [0.2, 0.25) is 0 Å². The summed E-state index contributed by atoms with van der Waals surface area (Å²) in [5.74, 6) is 0.621. The highest BCUT2D eigenvalue weighted by molar-refractivity contribution is 7.89. The van der Waals surface area contributed by atoms with E-state index in [9.17, 15) is 8.42 Å². The van der Waals surface area contributed by atoms with Crippen LogP contribution in [0.5, 0.6) is 5.75 Å². The molecular weight excluding hydrogens is 386 g/mol. The van der Waals surface area contributed by atoms with Crippen LogP contribution in [0, 0.1) is 0 Å². The minimum Gasteiger partial charge on any atom is -0.494 e. The van der Waals surface area contributed by atoms with Crippen molar-refractivity contribution in [1.82, 2.24) is 4.83 Å². The predicted molar refractivity (Wildman–Crippen MR) is 116 cm³/mol. The predicted octanol–water partition coefficient (Wildman–Crippen LogP) is 4.17. The average Bonchev–Trinajstić information content (AvgIpc) is 2.75. The number of nitrogens with zero attached hydrogens (tertiary/aromatic N) is 2. The molecular formula is C22H23N3O3S. The first-order valence-corrected chi connectivity index (χ1v) is 10.6. The SMILES string of the molecule is CCOc1ccc(S(=O)(=O)N/N=C\c2ccc(N(C)c3ccccc3)cc2)cc1. The van der Waals surface area contributed by atoms with Crippen LogP contribution >= 0.6 is 0 Å². The van der Waals surface area contributed by atoms with Gasteiger partial charge in [0.05, 0.1) is 17.7 Å². The number of benzene rings is 3. The Bertz CT molecular complexity index is 1050. The average molecular weight is 410 g/mol.